The zero-order valence-corrected chi connectivity index (χ0v) is 39.0. The van der Waals surface area contributed by atoms with Crippen molar-refractivity contribution in [3.63, 3.8) is 0 Å². The van der Waals surface area contributed by atoms with Gasteiger partial charge in [0.05, 0.1) is 0 Å². The van der Waals surface area contributed by atoms with Crippen molar-refractivity contribution in [3.8, 4) is 66.8 Å². The van der Waals surface area contributed by atoms with E-state index in [0.29, 0.717) is 0 Å². The van der Waals surface area contributed by atoms with Crippen LogP contribution in [0.4, 0.5) is 0 Å². The van der Waals surface area contributed by atoms with E-state index in [-0.39, 0.29) is 0 Å². The third-order valence-corrected chi connectivity index (χ3v) is 14.6. The molecule has 0 saturated carbocycles. The van der Waals surface area contributed by atoms with Crippen LogP contribution in [0, 0.1) is 20.8 Å². The first kappa shape index (κ1) is 40.7. The van der Waals surface area contributed by atoms with E-state index in [4.69, 9.17) is 0 Å². The molecule has 0 amide bonds. The van der Waals surface area contributed by atoms with E-state index < -0.39 is 0 Å². The molecule has 69 heavy (non-hydrogen) atoms. The first-order chi connectivity index (χ1) is 34.0. The van der Waals surface area contributed by atoms with Crippen molar-refractivity contribution in [2.24, 2.45) is 0 Å². The second kappa shape index (κ2) is 16.3. The minimum absolute atomic E-state index is 1.19. The molecule has 13 aromatic carbocycles. The highest BCUT2D eigenvalue weighted by Gasteiger charge is 2.23. The van der Waals surface area contributed by atoms with Crippen LogP contribution in [0.15, 0.2) is 237 Å². The van der Waals surface area contributed by atoms with Crippen LogP contribution in [0.25, 0.3) is 131 Å². The van der Waals surface area contributed by atoms with Gasteiger partial charge >= 0.3 is 0 Å². The van der Waals surface area contributed by atoms with E-state index in [1.54, 1.807) is 0 Å². The SMILES string of the molecule is Cc1ccc(-c2c3ccccc3c(-c3cc(-c4c5ccccc5c(-c5ccc(C)cc5)c5ccccc45)cc(-c4c5ccccc5c(-c5ccc(C)cc5)c5ccccc45)c3)c3ccccc23)cc1. The monoisotopic (exact) mass is 876 g/mol. The summed E-state index contributed by atoms with van der Waals surface area (Å²) in [4.78, 5) is 0. The molecule has 0 aliphatic carbocycles. The molecule has 13 aromatic rings. The fourth-order valence-electron chi connectivity index (χ4n) is 11.5. The average molecular weight is 877 g/mol. The van der Waals surface area contributed by atoms with Crippen LogP contribution >= 0.6 is 0 Å². The Labute approximate surface area is 403 Å². The van der Waals surface area contributed by atoms with Crippen molar-refractivity contribution in [2.75, 3.05) is 0 Å². The minimum atomic E-state index is 1.19. The van der Waals surface area contributed by atoms with Crippen molar-refractivity contribution < 1.29 is 0 Å². The molecule has 0 aliphatic heterocycles. The molecule has 0 nitrogen and oxygen atoms in total. The van der Waals surface area contributed by atoms with Gasteiger partial charge in [0.15, 0.2) is 0 Å². The van der Waals surface area contributed by atoms with Gasteiger partial charge in [-0.15, -0.1) is 0 Å². The van der Waals surface area contributed by atoms with Gasteiger partial charge in [-0.05, 0) is 170 Å². The Morgan fingerprint density at radius 1 is 0.159 bits per heavy atom. The minimum Gasteiger partial charge on any atom is -0.0616 e. The predicted molar refractivity (Wildman–Crippen MR) is 298 cm³/mol. The molecule has 0 fully saturated rings. The maximum atomic E-state index is 2.49. The fourth-order valence-corrected chi connectivity index (χ4v) is 11.5. The van der Waals surface area contributed by atoms with Crippen LogP contribution in [0.1, 0.15) is 16.7 Å². The number of benzene rings is 13. The molecule has 0 atom stereocenters. The standard InChI is InChI=1S/C69H48/c1-43-28-34-46(35-29-43)64-52-16-4-10-22-58(52)67(59-23-11-5-17-53(59)64)49-40-50(68-60-24-12-6-18-54(60)65(47-36-30-44(2)31-37-47)55-19-7-13-25-61(55)68)42-51(41-49)69-62-26-14-8-20-56(62)66(48-38-32-45(3)33-39-48)57-21-9-15-27-63(57)69/h4-42H,1-3H3. The lowest BCUT2D eigenvalue weighted by molar-refractivity contribution is 1.47. The molecule has 0 bridgehead atoms. The molecular formula is C69H48. The molecule has 0 saturated heterocycles. The summed E-state index contributed by atoms with van der Waals surface area (Å²) in [6.45, 7) is 6.50. The molecule has 13 rings (SSSR count). The van der Waals surface area contributed by atoms with Crippen LogP contribution in [-0.2, 0) is 0 Å². The van der Waals surface area contributed by atoms with E-state index in [0.717, 1.165) is 0 Å². The molecular weight excluding hydrogens is 829 g/mol. The van der Waals surface area contributed by atoms with Gasteiger partial charge in [0.2, 0.25) is 0 Å². The Kier molecular flexibility index (Phi) is 9.63. The second-order valence-corrected chi connectivity index (χ2v) is 18.9. The van der Waals surface area contributed by atoms with Gasteiger partial charge in [-0.25, -0.2) is 0 Å². The van der Waals surface area contributed by atoms with Crippen LogP contribution in [-0.4, -0.2) is 0 Å². The van der Waals surface area contributed by atoms with Gasteiger partial charge in [0.25, 0.3) is 0 Å². The summed E-state index contributed by atoms with van der Waals surface area (Å²) >= 11 is 0. The lowest BCUT2D eigenvalue weighted by Crippen LogP contribution is -1.95. The van der Waals surface area contributed by atoms with Crippen LogP contribution in [0.3, 0.4) is 0 Å². The highest BCUT2D eigenvalue weighted by atomic mass is 14.3. The van der Waals surface area contributed by atoms with E-state index in [2.05, 4.69) is 257 Å². The molecule has 324 valence electrons. The number of fused-ring (bicyclic) bond motifs is 6. The summed E-state index contributed by atoms with van der Waals surface area (Å²) in [6, 6.07) is 89.0. The second-order valence-electron chi connectivity index (χ2n) is 18.9. The van der Waals surface area contributed by atoms with Crippen LogP contribution in [0.2, 0.25) is 0 Å². The zero-order chi connectivity index (χ0) is 46.2. The molecule has 0 aromatic heterocycles. The highest BCUT2D eigenvalue weighted by Crippen LogP contribution is 2.51. The number of aryl methyl sites for hydroxylation is 3. The fraction of sp³-hybridized carbons (Fsp3) is 0.0435. The summed E-state index contributed by atoms with van der Waals surface area (Å²) in [5, 5.41) is 14.9. The molecule has 0 aliphatic rings. The van der Waals surface area contributed by atoms with Gasteiger partial charge in [-0.2, -0.15) is 0 Å². The van der Waals surface area contributed by atoms with Crippen LogP contribution < -0.4 is 0 Å². The first-order valence-electron chi connectivity index (χ1n) is 24.2. The summed E-state index contributed by atoms with van der Waals surface area (Å²) in [5.74, 6) is 0. The van der Waals surface area contributed by atoms with E-state index in [9.17, 15) is 0 Å². The maximum Gasteiger partial charge on any atom is -0.00259 e. The lowest BCUT2D eigenvalue weighted by Gasteiger charge is -2.22. The van der Waals surface area contributed by atoms with Gasteiger partial charge in [0.1, 0.15) is 0 Å². The van der Waals surface area contributed by atoms with Crippen molar-refractivity contribution in [1.82, 2.24) is 0 Å². The molecule has 0 spiro atoms. The lowest BCUT2D eigenvalue weighted by atomic mass is 9.81. The maximum absolute atomic E-state index is 2.49. The number of hydrogen-bond donors (Lipinski definition) is 0. The Morgan fingerprint density at radius 3 is 0.464 bits per heavy atom. The zero-order valence-electron chi connectivity index (χ0n) is 39.0. The average Bonchev–Trinajstić information content (AvgIpc) is 3.39. The van der Waals surface area contributed by atoms with Crippen molar-refractivity contribution in [1.29, 1.82) is 0 Å². The third kappa shape index (κ3) is 6.67. The largest absolute Gasteiger partial charge is 0.0616 e. The molecule has 0 heterocycles. The normalized spacial score (nSPS) is 11.7. The topological polar surface area (TPSA) is 0 Å². The summed E-state index contributed by atoms with van der Waals surface area (Å²) in [5.41, 5.74) is 18.6. The first-order valence-corrected chi connectivity index (χ1v) is 24.2. The Morgan fingerprint density at radius 2 is 0.304 bits per heavy atom. The highest BCUT2D eigenvalue weighted by molar-refractivity contribution is 6.26. The van der Waals surface area contributed by atoms with Gasteiger partial charge < -0.3 is 0 Å². The Hall–Kier alpha value is -8.58. The van der Waals surface area contributed by atoms with Crippen molar-refractivity contribution >= 4 is 64.6 Å². The predicted octanol–water partition coefficient (Wildman–Crippen LogP) is 19.5. The van der Waals surface area contributed by atoms with Crippen LogP contribution in [0.5, 0.6) is 0 Å². The number of hydrogen-bond acceptors (Lipinski definition) is 0. The molecule has 0 unspecified atom stereocenters. The van der Waals surface area contributed by atoms with Gasteiger partial charge in [0, 0.05) is 0 Å². The van der Waals surface area contributed by atoms with Crippen molar-refractivity contribution in [2.45, 2.75) is 20.8 Å². The quantitative estimate of drug-likeness (QED) is 0.146. The van der Waals surface area contributed by atoms with E-state index >= 15 is 0 Å². The van der Waals surface area contributed by atoms with Gasteiger partial charge in [-0.1, -0.05) is 235 Å². The molecule has 0 heteroatoms. The van der Waals surface area contributed by atoms with E-state index in [1.807, 2.05) is 0 Å². The van der Waals surface area contributed by atoms with Gasteiger partial charge in [-0.3, -0.25) is 0 Å². The molecule has 0 N–H and O–H groups in total. The Balaban J connectivity index is 1.19. The summed E-state index contributed by atoms with van der Waals surface area (Å²) < 4.78 is 0. The third-order valence-electron chi connectivity index (χ3n) is 14.6. The smallest absolute Gasteiger partial charge is 0.00259 e. The number of rotatable bonds is 6. The summed E-state index contributed by atoms with van der Waals surface area (Å²) in [6.07, 6.45) is 0. The molecule has 0 radical (unpaired) electrons. The van der Waals surface area contributed by atoms with Crippen molar-refractivity contribution in [3.05, 3.63) is 253 Å². The Bertz CT molecular complexity index is 3550. The summed E-state index contributed by atoms with van der Waals surface area (Å²) in [7, 11) is 0. The van der Waals surface area contributed by atoms with E-state index in [1.165, 1.54) is 148 Å².